The zero-order valence-corrected chi connectivity index (χ0v) is 20.9. The van der Waals surface area contributed by atoms with E-state index >= 15 is 0 Å². The molecule has 1 aliphatic rings. The van der Waals surface area contributed by atoms with Gasteiger partial charge in [0, 0.05) is 55.7 Å². The molecule has 6 rings (SSSR count). The van der Waals surface area contributed by atoms with Crippen molar-refractivity contribution in [1.29, 1.82) is 0 Å². The second-order valence-electron chi connectivity index (χ2n) is 8.89. The molecule has 2 aromatic carbocycles. The van der Waals surface area contributed by atoms with E-state index in [1.54, 1.807) is 24.6 Å². The molecular formula is C27H27N7OS. The third kappa shape index (κ3) is 4.67. The van der Waals surface area contributed by atoms with Crippen molar-refractivity contribution in [3.05, 3.63) is 94.9 Å². The number of aromatic nitrogens is 6. The molecule has 8 nitrogen and oxygen atoms in total. The Morgan fingerprint density at radius 1 is 1.06 bits per heavy atom. The normalized spacial score (nSPS) is 13.2. The Bertz CT molecular complexity index is 1440. The molecule has 9 heteroatoms. The molecule has 1 aliphatic heterocycles. The van der Waals surface area contributed by atoms with Gasteiger partial charge in [-0.2, -0.15) is 5.10 Å². The van der Waals surface area contributed by atoms with E-state index in [1.165, 1.54) is 21.6 Å². The fourth-order valence-corrected chi connectivity index (χ4v) is 5.59. The van der Waals surface area contributed by atoms with Gasteiger partial charge in [0.1, 0.15) is 0 Å². The van der Waals surface area contributed by atoms with Crippen molar-refractivity contribution < 1.29 is 4.74 Å². The monoisotopic (exact) mass is 497 g/mol. The second kappa shape index (κ2) is 10.0. The Balaban J connectivity index is 1.15. The first-order valence-corrected chi connectivity index (χ1v) is 12.9. The average Bonchev–Trinajstić information content (AvgIpc) is 3.70. The van der Waals surface area contributed by atoms with Crippen molar-refractivity contribution in [3.8, 4) is 16.9 Å². The van der Waals surface area contributed by atoms with Crippen molar-refractivity contribution >= 4 is 16.5 Å². The van der Waals surface area contributed by atoms with Crippen LogP contribution in [0.3, 0.4) is 0 Å². The highest BCUT2D eigenvalue weighted by molar-refractivity contribution is 7.15. The summed E-state index contributed by atoms with van der Waals surface area (Å²) in [4.78, 5) is 8.44. The smallest absolute Gasteiger partial charge is 0.185 e. The molecule has 0 amide bonds. The quantitative estimate of drug-likeness (QED) is 0.317. The predicted octanol–water partition coefficient (Wildman–Crippen LogP) is 4.39. The van der Waals surface area contributed by atoms with Gasteiger partial charge in [-0.15, -0.1) is 16.4 Å². The summed E-state index contributed by atoms with van der Waals surface area (Å²) >= 11 is 1.78. The largest absolute Gasteiger partial charge is 0.383 e. The van der Waals surface area contributed by atoms with Gasteiger partial charge in [0.2, 0.25) is 0 Å². The molecule has 3 aromatic heterocycles. The highest BCUT2D eigenvalue weighted by Crippen LogP contribution is 2.31. The number of fused-ring (bicyclic) bond motifs is 1. The van der Waals surface area contributed by atoms with Gasteiger partial charge in [-0.1, -0.05) is 29.5 Å². The minimum atomic E-state index is 0.607. The van der Waals surface area contributed by atoms with Crippen LogP contribution >= 0.6 is 11.3 Å². The lowest BCUT2D eigenvalue weighted by molar-refractivity contribution is 0.183. The number of hydrogen-bond donors (Lipinski definition) is 0. The van der Waals surface area contributed by atoms with Gasteiger partial charge in [-0.25, -0.2) is 14.3 Å². The number of benzene rings is 2. The molecule has 36 heavy (non-hydrogen) atoms. The summed E-state index contributed by atoms with van der Waals surface area (Å²) in [5.41, 5.74) is 7.23. The lowest BCUT2D eigenvalue weighted by atomic mass is 9.97. The van der Waals surface area contributed by atoms with Crippen LogP contribution in [0.2, 0.25) is 0 Å². The summed E-state index contributed by atoms with van der Waals surface area (Å²) in [6, 6.07) is 17.2. The van der Waals surface area contributed by atoms with E-state index in [-0.39, 0.29) is 0 Å². The Morgan fingerprint density at radius 2 is 1.97 bits per heavy atom. The third-order valence-corrected chi connectivity index (χ3v) is 7.59. The Morgan fingerprint density at radius 3 is 2.81 bits per heavy atom. The summed E-state index contributed by atoms with van der Waals surface area (Å²) in [6.45, 7) is 3.12. The van der Waals surface area contributed by atoms with Gasteiger partial charge in [0.25, 0.3) is 0 Å². The zero-order chi connectivity index (χ0) is 24.3. The van der Waals surface area contributed by atoms with E-state index in [9.17, 15) is 0 Å². The Labute approximate surface area is 213 Å². The van der Waals surface area contributed by atoms with Crippen LogP contribution in [-0.2, 0) is 30.7 Å². The molecule has 0 unspecified atom stereocenters. The minimum absolute atomic E-state index is 0.607. The van der Waals surface area contributed by atoms with E-state index in [0.717, 1.165) is 48.0 Å². The van der Waals surface area contributed by atoms with E-state index in [0.29, 0.717) is 13.2 Å². The molecule has 0 spiro atoms. The molecule has 0 N–H and O–H groups in total. The SMILES string of the molecule is COCCn1nncc1-c1ccc2c(c1)CN(c1ncc(Cc3ccc(-n4cccn4)cc3)s1)CC2. The zero-order valence-electron chi connectivity index (χ0n) is 20.1. The molecule has 0 saturated carbocycles. The van der Waals surface area contributed by atoms with Gasteiger partial charge >= 0.3 is 0 Å². The number of nitrogens with zero attached hydrogens (tertiary/aromatic N) is 7. The fourth-order valence-electron chi connectivity index (χ4n) is 4.62. The second-order valence-corrected chi connectivity index (χ2v) is 9.99. The van der Waals surface area contributed by atoms with Gasteiger partial charge in [0.15, 0.2) is 5.13 Å². The van der Waals surface area contributed by atoms with Crippen LogP contribution in [0.15, 0.2) is 73.3 Å². The van der Waals surface area contributed by atoms with Crippen molar-refractivity contribution in [3.63, 3.8) is 0 Å². The van der Waals surface area contributed by atoms with Crippen molar-refractivity contribution in [2.45, 2.75) is 25.9 Å². The van der Waals surface area contributed by atoms with Crippen LogP contribution in [0.25, 0.3) is 16.9 Å². The van der Waals surface area contributed by atoms with Crippen LogP contribution in [0.5, 0.6) is 0 Å². The molecule has 0 atom stereocenters. The summed E-state index contributed by atoms with van der Waals surface area (Å²) in [5.74, 6) is 0. The standard InChI is InChI=1S/C27H27N7OS/c1-35-14-13-34-26(18-29-31-34)22-6-5-21-9-12-32(19-23(21)16-22)27-28-17-25(36-27)15-20-3-7-24(8-4-20)33-11-2-10-30-33/h2-8,10-11,16-18H,9,12-15,19H2,1H3. The van der Waals surface area contributed by atoms with Crippen LogP contribution in [0.1, 0.15) is 21.6 Å². The molecule has 0 saturated heterocycles. The van der Waals surface area contributed by atoms with Gasteiger partial charge < -0.3 is 9.64 Å². The molecule has 0 aliphatic carbocycles. The van der Waals surface area contributed by atoms with Crippen molar-refractivity contribution in [2.24, 2.45) is 0 Å². The van der Waals surface area contributed by atoms with Crippen LogP contribution < -0.4 is 4.90 Å². The maximum Gasteiger partial charge on any atom is 0.185 e. The molecule has 0 radical (unpaired) electrons. The highest BCUT2D eigenvalue weighted by atomic mass is 32.1. The minimum Gasteiger partial charge on any atom is -0.383 e. The van der Waals surface area contributed by atoms with Gasteiger partial charge in [-0.3, -0.25) is 0 Å². The number of anilines is 1. The maximum atomic E-state index is 5.21. The number of ether oxygens (including phenoxy) is 1. The molecule has 5 aromatic rings. The lowest BCUT2D eigenvalue weighted by Crippen LogP contribution is -2.30. The predicted molar refractivity (Wildman–Crippen MR) is 141 cm³/mol. The fraction of sp³-hybridized carbons (Fsp3) is 0.259. The van der Waals surface area contributed by atoms with Gasteiger partial charge in [-0.05, 0) is 47.4 Å². The first-order valence-electron chi connectivity index (χ1n) is 12.0. The summed E-state index contributed by atoms with van der Waals surface area (Å²) in [5, 5.41) is 13.7. The maximum absolute atomic E-state index is 5.21. The van der Waals surface area contributed by atoms with Crippen LogP contribution in [0, 0.1) is 0 Å². The molecule has 182 valence electrons. The van der Waals surface area contributed by atoms with E-state index in [1.807, 2.05) is 34.0 Å². The van der Waals surface area contributed by atoms with Crippen LogP contribution in [0.4, 0.5) is 5.13 Å². The van der Waals surface area contributed by atoms with Crippen LogP contribution in [-0.4, -0.2) is 50.0 Å². The number of rotatable bonds is 8. The summed E-state index contributed by atoms with van der Waals surface area (Å²) < 4.78 is 8.99. The van der Waals surface area contributed by atoms with Gasteiger partial charge in [0.05, 0.1) is 30.7 Å². The lowest BCUT2D eigenvalue weighted by Gasteiger charge is -2.29. The number of thiazole rings is 1. The van der Waals surface area contributed by atoms with Crippen molar-refractivity contribution in [1.82, 2.24) is 29.8 Å². The Kier molecular flexibility index (Phi) is 6.31. The highest BCUT2D eigenvalue weighted by Gasteiger charge is 2.20. The first kappa shape index (κ1) is 22.6. The number of methoxy groups -OCH3 is 1. The molecule has 0 bridgehead atoms. The van der Waals surface area contributed by atoms with E-state index in [4.69, 9.17) is 9.72 Å². The third-order valence-electron chi connectivity index (χ3n) is 6.53. The van der Waals surface area contributed by atoms with E-state index in [2.05, 4.69) is 62.8 Å². The van der Waals surface area contributed by atoms with E-state index < -0.39 is 0 Å². The Hall–Kier alpha value is -3.82. The summed E-state index contributed by atoms with van der Waals surface area (Å²) in [6.07, 6.45) is 9.49. The first-order chi connectivity index (χ1) is 17.8. The topological polar surface area (TPSA) is 73.9 Å². The summed E-state index contributed by atoms with van der Waals surface area (Å²) in [7, 11) is 1.70. The number of hydrogen-bond acceptors (Lipinski definition) is 7. The van der Waals surface area contributed by atoms with Crippen molar-refractivity contribution in [2.75, 3.05) is 25.2 Å². The molecule has 0 fully saturated rings. The average molecular weight is 498 g/mol. The molecular weight excluding hydrogens is 470 g/mol. The molecule has 4 heterocycles.